The fourth-order valence-electron chi connectivity index (χ4n) is 1.57. The van der Waals surface area contributed by atoms with Crippen LogP contribution in [0.25, 0.3) is 0 Å². The number of allylic oxidation sites excluding steroid dienone is 1. The van der Waals surface area contributed by atoms with Crippen LogP contribution in [-0.2, 0) is 0 Å². The van der Waals surface area contributed by atoms with Gasteiger partial charge in [-0.1, -0.05) is 33.3 Å². The Hall–Kier alpha value is -0.590. The molecule has 0 bridgehead atoms. The molecule has 0 aromatic carbocycles. The SMILES string of the molecule is CC(C)C(C)(C)C1=CC=N[C@H](C)C1. The van der Waals surface area contributed by atoms with Gasteiger partial charge in [-0.2, -0.15) is 0 Å². The summed E-state index contributed by atoms with van der Waals surface area (Å²) >= 11 is 0. The molecule has 0 aromatic heterocycles. The van der Waals surface area contributed by atoms with E-state index in [1.165, 1.54) is 0 Å². The molecular formula is C12H21N. The predicted molar refractivity (Wildman–Crippen MR) is 59.3 cm³/mol. The van der Waals surface area contributed by atoms with Gasteiger partial charge < -0.3 is 0 Å². The first-order valence-electron chi connectivity index (χ1n) is 5.17. The number of nitrogens with zero attached hydrogens (tertiary/aromatic N) is 1. The Balaban J connectivity index is 2.83. The van der Waals surface area contributed by atoms with Gasteiger partial charge in [0.25, 0.3) is 0 Å². The second-order valence-electron chi connectivity index (χ2n) is 4.92. The zero-order chi connectivity index (χ0) is 10.1. The van der Waals surface area contributed by atoms with Crippen LogP contribution in [-0.4, -0.2) is 12.3 Å². The van der Waals surface area contributed by atoms with E-state index in [1.54, 1.807) is 5.57 Å². The van der Waals surface area contributed by atoms with Crippen LogP contribution < -0.4 is 0 Å². The molecule has 0 unspecified atom stereocenters. The topological polar surface area (TPSA) is 12.4 Å². The second-order valence-corrected chi connectivity index (χ2v) is 4.92. The Morgan fingerprint density at radius 1 is 1.46 bits per heavy atom. The largest absolute Gasteiger partial charge is 0.290 e. The molecule has 1 aliphatic heterocycles. The first-order chi connectivity index (χ1) is 5.94. The normalized spacial score (nSPS) is 23.5. The Morgan fingerprint density at radius 2 is 2.08 bits per heavy atom. The quantitative estimate of drug-likeness (QED) is 0.615. The standard InChI is InChI=1S/C12H21N/c1-9(2)12(4,5)11-6-7-13-10(3)8-11/h6-7,9-10H,8H2,1-5H3/t10-/m1/s1. The summed E-state index contributed by atoms with van der Waals surface area (Å²) in [5.74, 6) is 0.692. The summed E-state index contributed by atoms with van der Waals surface area (Å²) in [5.41, 5.74) is 1.87. The molecule has 0 amide bonds. The Morgan fingerprint density at radius 3 is 2.54 bits per heavy atom. The van der Waals surface area contributed by atoms with Crippen molar-refractivity contribution in [3.8, 4) is 0 Å². The van der Waals surface area contributed by atoms with Crippen molar-refractivity contribution in [2.24, 2.45) is 16.3 Å². The predicted octanol–water partition coefficient (Wildman–Crippen LogP) is 3.46. The van der Waals surface area contributed by atoms with Crippen molar-refractivity contribution in [1.82, 2.24) is 0 Å². The number of rotatable bonds is 2. The van der Waals surface area contributed by atoms with Crippen LogP contribution in [0.1, 0.15) is 41.0 Å². The molecule has 0 N–H and O–H groups in total. The highest BCUT2D eigenvalue weighted by molar-refractivity contribution is 5.74. The first-order valence-corrected chi connectivity index (χ1v) is 5.17. The summed E-state index contributed by atoms with van der Waals surface area (Å²) in [6.45, 7) is 11.4. The molecule has 0 aliphatic carbocycles. The fraction of sp³-hybridized carbons (Fsp3) is 0.750. The van der Waals surface area contributed by atoms with Crippen LogP contribution >= 0.6 is 0 Å². The van der Waals surface area contributed by atoms with Crippen molar-refractivity contribution in [2.75, 3.05) is 0 Å². The van der Waals surface area contributed by atoms with Gasteiger partial charge in [-0.15, -0.1) is 0 Å². The van der Waals surface area contributed by atoms with Crippen molar-refractivity contribution in [1.29, 1.82) is 0 Å². The maximum Gasteiger partial charge on any atom is 0.0508 e. The van der Waals surface area contributed by atoms with Gasteiger partial charge in [0.05, 0.1) is 6.04 Å². The molecule has 13 heavy (non-hydrogen) atoms. The zero-order valence-corrected chi connectivity index (χ0v) is 9.46. The molecule has 1 heterocycles. The van der Waals surface area contributed by atoms with Crippen LogP contribution in [0.4, 0.5) is 0 Å². The van der Waals surface area contributed by atoms with Gasteiger partial charge >= 0.3 is 0 Å². The van der Waals surface area contributed by atoms with E-state index in [1.807, 2.05) is 6.21 Å². The molecule has 1 heteroatoms. The van der Waals surface area contributed by atoms with Gasteiger partial charge in [-0.3, -0.25) is 4.99 Å². The summed E-state index contributed by atoms with van der Waals surface area (Å²) in [4.78, 5) is 4.35. The van der Waals surface area contributed by atoms with Gasteiger partial charge in [0.1, 0.15) is 0 Å². The van der Waals surface area contributed by atoms with Crippen LogP contribution in [0, 0.1) is 11.3 Å². The molecule has 1 atom stereocenters. The molecule has 0 aromatic rings. The highest BCUT2D eigenvalue weighted by atomic mass is 14.8. The molecule has 0 saturated carbocycles. The van der Waals surface area contributed by atoms with Gasteiger partial charge in [0.15, 0.2) is 0 Å². The molecule has 74 valence electrons. The highest BCUT2D eigenvalue weighted by Gasteiger charge is 2.28. The van der Waals surface area contributed by atoms with E-state index in [2.05, 4.69) is 45.7 Å². The number of aliphatic imine (C=N–C) groups is 1. The van der Waals surface area contributed by atoms with E-state index in [0.717, 1.165) is 6.42 Å². The minimum absolute atomic E-state index is 0.320. The molecule has 0 fully saturated rings. The average molecular weight is 179 g/mol. The van der Waals surface area contributed by atoms with E-state index >= 15 is 0 Å². The lowest BCUT2D eigenvalue weighted by atomic mass is 9.72. The van der Waals surface area contributed by atoms with Crippen molar-refractivity contribution >= 4 is 6.21 Å². The van der Waals surface area contributed by atoms with Crippen molar-refractivity contribution in [3.63, 3.8) is 0 Å². The molecule has 1 rings (SSSR count). The number of hydrogen-bond donors (Lipinski definition) is 0. The maximum absolute atomic E-state index is 4.35. The van der Waals surface area contributed by atoms with Gasteiger partial charge in [-0.05, 0) is 30.8 Å². The van der Waals surface area contributed by atoms with Crippen LogP contribution in [0.5, 0.6) is 0 Å². The summed E-state index contributed by atoms with van der Waals surface area (Å²) < 4.78 is 0. The van der Waals surface area contributed by atoms with Gasteiger partial charge in [-0.25, -0.2) is 0 Å². The van der Waals surface area contributed by atoms with Crippen molar-refractivity contribution in [3.05, 3.63) is 11.6 Å². The van der Waals surface area contributed by atoms with Crippen LogP contribution in [0.15, 0.2) is 16.6 Å². The van der Waals surface area contributed by atoms with E-state index in [0.29, 0.717) is 17.4 Å². The molecule has 1 aliphatic rings. The van der Waals surface area contributed by atoms with Gasteiger partial charge in [0, 0.05) is 6.21 Å². The molecule has 0 spiro atoms. The van der Waals surface area contributed by atoms with E-state index in [9.17, 15) is 0 Å². The lowest BCUT2D eigenvalue weighted by Crippen LogP contribution is -2.25. The third-order valence-corrected chi connectivity index (χ3v) is 3.40. The Kier molecular flexibility index (Phi) is 2.94. The molecule has 0 radical (unpaired) electrons. The summed E-state index contributed by atoms with van der Waals surface area (Å²) in [5, 5.41) is 0. The molecular weight excluding hydrogens is 158 g/mol. The van der Waals surface area contributed by atoms with E-state index < -0.39 is 0 Å². The third kappa shape index (κ3) is 2.20. The smallest absolute Gasteiger partial charge is 0.0508 e. The summed E-state index contributed by atoms with van der Waals surface area (Å²) in [6.07, 6.45) is 5.29. The average Bonchev–Trinajstić information content (AvgIpc) is 2.04. The minimum Gasteiger partial charge on any atom is -0.290 e. The Bertz CT molecular complexity index is 234. The minimum atomic E-state index is 0.320. The summed E-state index contributed by atoms with van der Waals surface area (Å²) in [7, 11) is 0. The van der Waals surface area contributed by atoms with E-state index in [4.69, 9.17) is 0 Å². The van der Waals surface area contributed by atoms with Gasteiger partial charge in [0.2, 0.25) is 0 Å². The second kappa shape index (κ2) is 3.65. The Labute approximate surface area is 82.0 Å². The molecule has 0 saturated heterocycles. The van der Waals surface area contributed by atoms with Crippen molar-refractivity contribution < 1.29 is 0 Å². The lowest BCUT2D eigenvalue weighted by molar-refractivity contribution is 0.297. The van der Waals surface area contributed by atoms with Crippen molar-refractivity contribution in [2.45, 2.75) is 47.1 Å². The summed E-state index contributed by atoms with van der Waals surface area (Å²) in [6, 6.07) is 0.470. The number of hydrogen-bond acceptors (Lipinski definition) is 1. The van der Waals surface area contributed by atoms with Crippen LogP contribution in [0.2, 0.25) is 0 Å². The first kappa shape index (κ1) is 10.5. The highest BCUT2D eigenvalue weighted by Crippen LogP contribution is 2.37. The molecule has 1 nitrogen and oxygen atoms in total. The zero-order valence-electron chi connectivity index (χ0n) is 9.46. The van der Waals surface area contributed by atoms with Crippen LogP contribution in [0.3, 0.4) is 0 Å². The third-order valence-electron chi connectivity index (χ3n) is 3.40. The lowest BCUT2D eigenvalue weighted by Gasteiger charge is -2.34. The number of dihydropyridines is 1. The van der Waals surface area contributed by atoms with E-state index in [-0.39, 0.29) is 0 Å². The monoisotopic (exact) mass is 179 g/mol. The fourth-order valence-corrected chi connectivity index (χ4v) is 1.57. The maximum atomic E-state index is 4.35.